The molecule has 1 saturated heterocycles. The Morgan fingerprint density at radius 1 is 0.963 bits per heavy atom. The van der Waals surface area contributed by atoms with Gasteiger partial charge in [0.25, 0.3) is 11.8 Å². The number of carbonyl (C=O) groups excluding carboxylic acids is 2. The van der Waals surface area contributed by atoms with Crippen molar-refractivity contribution in [3.63, 3.8) is 0 Å². The molecule has 2 amide bonds. The predicted octanol–water partition coefficient (Wildman–Crippen LogP) is 2.29. The number of nitrogens with zero attached hydrogens (tertiary/aromatic N) is 3. The molecule has 3 heterocycles. The summed E-state index contributed by atoms with van der Waals surface area (Å²) in [6.07, 6.45) is 0. The van der Waals surface area contributed by atoms with Gasteiger partial charge in [0.05, 0.1) is 18.4 Å². The highest BCUT2D eigenvalue weighted by Gasteiger charge is 2.43. The third kappa shape index (κ3) is 3.13. The monoisotopic (exact) mass is 383 g/mol. The Bertz CT molecular complexity index is 882. The number of rotatable bonds is 4. The van der Waals surface area contributed by atoms with E-state index in [2.05, 4.69) is 16.8 Å². The Labute approximate surface area is 162 Å². The Morgan fingerprint density at radius 3 is 2.26 bits per heavy atom. The van der Waals surface area contributed by atoms with Crippen LogP contribution in [0.3, 0.4) is 0 Å². The molecule has 6 nitrogen and oxygen atoms in total. The van der Waals surface area contributed by atoms with Crippen LogP contribution in [0, 0.1) is 0 Å². The lowest BCUT2D eigenvalue weighted by atomic mass is 10.1. The average molecular weight is 383 g/mol. The van der Waals surface area contributed by atoms with Crippen molar-refractivity contribution in [2.75, 3.05) is 45.2 Å². The van der Waals surface area contributed by atoms with Crippen molar-refractivity contribution in [1.82, 2.24) is 9.80 Å². The molecule has 0 spiro atoms. The molecule has 2 aliphatic heterocycles. The maximum absolute atomic E-state index is 13.3. The molecule has 0 unspecified atom stereocenters. The van der Waals surface area contributed by atoms with Crippen molar-refractivity contribution in [2.45, 2.75) is 0 Å². The Hall–Kier alpha value is -2.64. The maximum Gasteiger partial charge on any atom is 0.282 e. The zero-order chi connectivity index (χ0) is 19.0. The molecule has 0 bridgehead atoms. The third-order valence-electron chi connectivity index (χ3n) is 4.98. The first-order valence-corrected chi connectivity index (χ1v) is 9.72. The number of hydrogen-bond donors (Lipinski definition) is 0. The minimum atomic E-state index is -0.262. The molecule has 4 rings (SSSR count). The van der Waals surface area contributed by atoms with E-state index in [9.17, 15) is 9.59 Å². The summed E-state index contributed by atoms with van der Waals surface area (Å²) in [7, 11) is 3.65. The van der Waals surface area contributed by atoms with E-state index >= 15 is 0 Å². The van der Waals surface area contributed by atoms with E-state index in [0.717, 1.165) is 31.1 Å². The summed E-state index contributed by atoms with van der Waals surface area (Å²) >= 11 is 1.48. The number of anilines is 1. The van der Waals surface area contributed by atoms with Gasteiger partial charge in [-0.2, -0.15) is 0 Å². The van der Waals surface area contributed by atoms with Crippen molar-refractivity contribution in [3.8, 4) is 5.75 Å². The normalized spacial score (nSPS) is 18.6. The fourth-order valence-corrected chi connectivity index (χ4v) is 4.21. The lowest BCUT2D eigenvalue weighted by Crippen LogP contribution is -2.46. The van der Waals surface area contributed by atoms with Crippen LogP contribution in [0.5, 0.6) is 5.75 Å². The highest BCUT2D eigenvalue weighted by molar-refractivity contribution is 7.11. The van der Waals surface area contributed by atoms with Crippen LogP contribution in [-0.4, -0.2) is 62.0 Å². The zero-order valence-corrected chi connectivity index (χ0v) is 16.2. The third-order valence-corrected chi connectivity index (χ3v) is 5.86. The van der Waals surface area contributed by atoms with Crippen LogP contribution in [0.25, 0.3) is 5.57 Å². The van der Waals surface area contributed by atoms with Gasteiger partial charge in [-0.3, -0.25) is 9.59 Å². The molecule has 0 atom stereocenters. The molecular formula is C20H21N3O3S. The smallest absolute Gasteiger partial charge is 0.282 e. The van der Waals surface area contributed by atoms with Crippen LogP contribution in [-0.2, 0) is 9.59 Å². The summed E-state index contributed by atoms with van der Waals surface area (Å²) in [4.78, 5) is 33.0. The number of imide groups is 1. The number of hydrogen-bond acceptors (Lipinski definition) is 6. The minimum Gasteiger partial charge on any atom is -0.497 e. The fraction of sp³-hybridized carbons (Fsp3) is 0.300. The van der Waals surface area contributed by atoms with Gasteiger partial charge < -0.3 is 14.5 Å². The van der Waals surface area contributed by atoms with Gasteiger partial charge in [-0.25, -0.2) is 4.90 Å². The molecule has 0 radical (unpaired) electrons. The maximum atomic E-state index is 13.3. The molecule has 2 aliphatic rings. The molecule has 1 aromatic heterocycles. The van der Waals surface area contributed by atoms with Gasteiger partial charge in [-0.15, -0.1) is 11.3 Å². The van der Waals surface area contributed by atoms with Crippen molar-refractivity contribution in [3.05, 3.63) is 52.4 Å². The van der Waals surface area contributed by atoms with Crippen LogP contribution < -0.4 is 9.64 Å². The van der Waals surface area contributed by atoms with E-state index in [1.807, 2.05) is 17.5 Å². The number of likely N-dealkylation sites (N-methyl/N-ethyl adjacent to an activating group) is 1. The molecule has 7 heteroatoms. The first-order valence-electron chi connectivity index (χ1n) is 8.84. The van der Waals surface area contributed by atoms with Crippen molar-refractivity contribution in [2.24, 2.45) is 0 Å². The van der Waals surface area contributed by atoms with Crippen LogP contribution >= 0.6 is 11.3 Å². The highest BCUT2D eigenvalue weighted by Crippen LogP contribution is 2.37. The van der Waals surface area contributed by atoms with Gasteiger partial charge in [0.1, 0.15) is 11.4 Å². The quantitative estimate of drug-likeness (QED) is 0.759. The summed E-state index contributed by atoms with van der Waals surface area (Å²) in [5.74, 6) is 0.170. The summed E-state index contributed by atoms with van der Waals surface area (Å²) in [5, 5.41) is 1.93. The van der Waals surface area contributed by atoms with Crippen LogP contribution in [0.1, 0.15) is 4.88 Å². The van der Waals surface area contributed by atoms with E-state index < -0.39 is 0 Å². The lowest BCUT2D eigenvalue weighted by molar-refractivity contribution is -0.120. The Kier molecular flexibility index (Phi) is 4.72. The van der Waals surface area contributed by atoms with Crippen LogP contribution in [0.2, 0.25) is 0 Å². The van der Waals surface area contributed by atoms with E-state index in [4.69, 9.17) is 4.74 Å². The van der Waals surface area contributed by atoms with Gasteiger partial charge in [-0.1, -0.05) is 6.07 Å². The summed E-state index contributed by atoms with van der Waals surface area (Å²) in [6, 6.07) is 10.8. The molecule has 2 aromatic rings. The van der Waals surface area contributed by atoms with E-state index in [0.29, 0.717) is 22.7 Å². The predicted molar refractivity (Wildman–Crippen MR) is 106 cm³/mol. The Balaban J connectivity index is 1.74. The Morgan fingerprint density at radius 2 is 1.67 bits per heavy atom. The minimum absolute atomic E-state index is 0.252. The topological polar surface area (TPSA) is 53.1 Å². The molecule has 0 aliphatic carbocycles. The molecule has 0 N–H and O–H groups in total. The molecule has 27 heavy (non-hydrogen) atoms. The van der Waals surface area contributed by atoms with E-state index in [1.165, 1.54) is 16.2 Å². The number of methoxy groups -OCH3 is 1. The first-order chi connectivity index (χ1) is 13.1. The largest absolute Gasteiger partial charge is 0.497 e. The summed E-state index contributed by atoms with van der Waals surface area (Å²) < 4.78 is 5.18. The van der Waals surface area contributed by atoms with E-state index in [-0.39, 0.29) is 11.8 Å². The van der Waals surface area contributed by atoms with Gasteiger partial charge in [0.2, 0.25) is 0 Å². The van der Waals surface area contributed by atoms with E-state index in [1.54, 1.807) is 31.4 Å². The average Bonchev–Trinajstić information content (AvgIpc) is 3.29. The van der Waals surface area contributed by atoms with Crippen LogP contribution in [0.15, 0.2) is 47.5 Å². The van der Waals surface area contributed by atoms with Gasteiger partial charge >= 0.3 is 0 Å². The van der Waals surface area contributed by atoms with Crippen molar-refractivity contribution in [1.29, 1.82) is 0 Å². The second kappa shape index (κ2) is 7.17. The molecule has 1 fully saturated rings. The lowest BCUT2D eigenvalue weighted by Gasteiger charge is -2.34. The molecule has 1 aromatic carbocycles. The van der Waals surface area contributed by atoms with Crippen molar-refractivity contribution < 1.29 is 14.3 Å². The van der Waals surface area contributed by atoms with Crippen molar-refractivity contribution >= 4 is 34.4 Å². The molecular weight excluding hydrogens is 362 g/mol. The van der Waals surface area contributed by atoms with Gasteiger partial charge in [0, 0.05) is 31.1 Å². The fourth-order valence-electron chi connectivity index (χ4n) is 3.45. The number of amides is 2. The first kappa shape index (κ1) is 17.8. The SMILES string of the molecule is COc1ccc(N2C(=O)C(c3cccs3)=C(N3CCN(C)CC3)C2=O)cc1. The second-order valence-electron chi connectivity index (χ2n) is 6.63. The number of ether oxygens (including phenoxy) is 1. The highest BCUT2D eigenvalue weighted by atomic mass is 32.1. The standard InChI is InChI=1S/C20H21N3O3S/c1-21-9-11-22(12-10-21)18-17(16-4-3-13-27-16)19(24)23(20(18)25)14-5-7-15(26-2)8-6-14/h3-8,13H,9-12H2,1-2H3. The zero-order valence-electron chi connectivity index (χ0n) is 15.3. The summed E-state index contributed by atoms with van der Waals surface area (Å²) in [6.45, 7) is 3.20. The molecule has 0 saturated carbocycles. The second-order valence-corrected chi connectivity index (χ2v) is 7.58. The number of carbonyl (C=O) groups is 2. The van der Waals surface area contributed by atoms with Gasteiger partial charge in [0.15, 0.2) is 0 Å². The summed E-state index contributed by atoms with van der Waals surface area (Å²) in [5.41, 5.74) is 1.59. The molecule has 140 valence electrons. The number of piperazine rings is 1. The number of thiophene rings is 1. The van der Waals surface area contributed by atoms with Gasteiger partial charge in [-0.05, 0) is 42.8 Å². The number of benzene rings is 1. The van der Waals surface area contributed by atoms with Crippen LogP contribution in [0.4, 0.5) is 5.69 Å².